The highest BCUT2D eigenvalue weighted by Gasteiger charge is 2.25. The van der Waals surface area contributed by atoms with Crippen molar-refractivity contribution in [3.8, 4) is 11.4 Å². The van der Waals surface area contributed by atoms with Gasteiger partial charge < -0.3 is 15.5 Å². The monoisotopic (exact) mass is 407 g/mol. The molecule has 0 unspecified atom stereocenters. The number of carbonyl (C=O) groups excluding carboxylic acids is 1. The van der Waals surface area contributed by atoms with Crippen LogP contribution in [0, 0.1) is 0 Å². The minimum Gasteiger partial charge on any atom is -0.354 e. The molecule has 2 amide bonds. The Morgan fingerprint density at radius 1 is 1.07 bits per heavy atom. The van der Waals surface area contributed by atoms with Gasteiger partial charge in [0.25, 0.3) is 0 Å². The topological polar surface area (TPSA) is 88.0 Å². The van der Waals surface area contributed by atoms with E-state index in [1.165, 1.54) is 0 Å². The van der Waals surface area contributed by atoms with E-state index in [9.17, 15) is 4.79 Å². The average molecular weight is 408 g/mol. The standard InChI is InChI=1S/C22H29N7O/c1-22(2,3)25-21(30)24-15-10-13-29(14-11-15)20-17-8-6-5-7-16(17)19(26-27-20)18-9-12-23-28(18)4/h5-9,12,15H,10-11,13-14H2,1-4H3,(H2,24,25,30). The number of amides is 2. The molecule has 1 aliphatic rings. The zero-order valence-corrected chi connectivity index (χ0v) is 18.0. The molecule has 1 aromatic carbocycles. The van der Waals surface area contributed by atoms with E-state index in [-0.39, 0.29) is 17.6 Å². The van der Waals surface area contributed by atoms with Gasteiger partial charge in [0, 0.05) is 48.7 Å². The number of benzene rings is 1. The Bertz CT molecular complexity index is 1050. The smallest absolute Gasteiger partial charge is 0.315 e. The predicted octanol–water partition coefficient (Wildman–Crippen LogP) is 3.10. The summed E-state index contributed by atoms with van der Waals surface area (Å²) in [5.41, 5.74) is 1.54. The van der Waals surface area contributed by atoms with E-state index in [0.717, 1.165) is 53.9 Å². The Hall–Kier alpha value is -3.16. The number of fused-ring (bicyclic) bond motifs is 1. The molecule has 0 atom stereocenters. The first-order valence-corrected chi connectivity index (χ1v) is 10.4. The van der Waals surface area contributed by atoms with Gasteiger partial charge in [-0.1, -0.05) is 24.3 Å². The summed E-state index contributed by atoms with van der Waals surface area (Å²) in [6, 6.07) is 10.3. The molecule has 0 aliphatic carbocycles. The van der Waals surface area contributed by atoms with Crippen LogP contribution in [-0.4, -0.2) is 50.7 Å². The minimum atomic E-state index is -0.241. The van der Waals surface area contributed by atoms with Gasteiger partial charge in [0.2, 0.25) is 0 Å². The molecule has 3 aromatic rings. The Kier molecular flexibility index (Phi) is 5.32. The zero-order valence-electron chi connectivity index (χ0n) is 18.0. The van der Waals surface area contributed by atoms with Crippen LogP contribution in [0.25, 0.3) is 22.2 Å². The largest absolute Gasteiger partial charge is 0.354 e. The maximum Gasteiger partial charge on any atom is 0.315 e. The van der Waals surface area contributed by atoms with Gasteiger partial charge in [-0.25, -0.2) is 4.79 Å². The van der Waals surface area contributed by atoms with Crippen LogP contribution in [0.3, 0.4) is 0 Å². The number of anilines is 1. The maximum absolute atomic E-state index is 12.2. The Labute approximate surface area is 176 Å². The second-order valence-corrected chi connectivity index (χ2v) is 8.87. The number of carbonyl (C=O) groups is 1. The Morgan fingerprint density at radius 3 is 2.40 bits per heavy atom. The van der Waals surface area contributed by atoms with Crippen molar-refractivity contribution in [2.75, 3.05) is 18.0 Å². The summed E-state index contributed by atoms with van der Waals surface area (Å²) in [6.07, 6.45) is 3.52. The van der Waals surface area contributed by atoms with E-state index in [1.807, 2.05) is 50.7 Å². The maximum atomic E-state index is 12.2. The number of aromatic nitrogens is 4. The molecule has 30 heavy (non-hydrogen) atoms. The van der Waals surface area contributed by atoms with E-state index in [1.54, 1.807) is 6.20 Å². The van der Waals surface area contributed by atoms with Crippen LogP contribution in [0.5, 0.6) is 0 Å². The molecule has 1 fully saturated rings. The van der Waals surface area contributed by atoms with Crippen LogP contribution in [0.4, 0.5) is 10.6 Å². The van der Waals surface area contributed by atoms with Crippen molar-refractivity contribution in [3.05, 3.63) is 36.5 Å². The highest BCUT2D eigenvalue weighted by molar-refractivity contribution is 5.99. The van der Waals surface area contributed by atoms with Crippen molar-refractivity contribution in [2.45, 2.75) is 45.2 Å². The van der Waals surface area contributed by atoms with Crippen molar-refractivity contribution in [2.24, 2.45) is 7.05 Å². The number of hydrogen-bond acceptors (Lipinski definition) is 5. The molecule has 0 saturated carbocycles. The molecule has 0 bridgehead atoms. The second-order valence-electron chi connectivity index (χ2n) is 8.87. The third-order valence-corrected chi connectivity index (χ3v) is 5.35. The molecular weight excluding hydrogens is 378 g/mol. The van der Waals surface area contributed by atoms with Gasteiger partial charge >= 0.3 is 6.03 Å². The highest BCUT2D eigenvalue weighted by Crippen LogP contribution is 2.32. The number of piperidine rings is 1. The van der Waals surface area contributed by atoms with Crippen LogP contribution >= 0.6 is 0 Å². The summed E-state index contributed by atoms with van der Waals surface area (Å²) >= 11 is 0. The summed E-state index contributed by atoms with van der Waals surface area (Å²) < 4.78 is 1.82. The summed E-state index contributed by atoms with van der Waals surface area (Å²) in [4.78, 5) is 14.4. The van der Waals surface area contributed by atoms with Crippen LogP contribution in [-0.2, 0) is 7.05 Å². The third-order valence-electron chi connectivity index (χ3n) is 5.35. The van der Waals surface area contributed by atoms with E-state index in [2.05, 4.69) is 43.0 Å². The Morgan fingerprint density at radius 2 is 1.77 bits per heavy atom. The normalized spacial score (nSPS) is 15.4. The van der Waals surface area contributed by atoms with Gasteiger partial charge in [-0.15, -0.1) is 10.2 Å². The Balaban J connectivity index is 1.52. The van der Waals surface area contributed by atoms with Gasteiger partial charge in [-0.2, -0.15) is 5.10 Å². The van der Waals surface area contributed by atoms with E-state index < -0.39 is 0 Å². The number of nitrogens with zero attached hydrogens (tertiary/aromatic N) is 5. The average Bonchev–Trinajstić information content (AvgIpc) is 3.12. The molecule has 0 spiro atoms. The molecule has 2 N–H and O–H groups in total. The molecular formula is C22H29N7O. The van der Waals surface area contributed by atoms with Gasteiger partial charge in [0.15, 0.2) is 5.82 Å². The van der Waals surface area contributed by atoms with E-state index in [0.29, 0.717) is 0 Å². The number of nitrogens with one attached hydrogen (secondary N) is 2. The SMILES string of the molecule is Cn1nccc1-c1nnc(N2CCC(NC(=O)NC(C)(C)C)CC2)c2ccccc12. The van der Waals surface area contributed by atoms with E-state index >= 15 is 0 Å². The van der Waals surface area contributed by atoms with E-state index in [4.69, 9.17) is 0 Å². The quantitative estimate of drug-likeness (QED) is 0.697. The molecule has 8 heteroatoms. The number of rotatable bonds is 3. The van der Waals surface area contributed by atoms with Crippen molar-refractivity contribution < 1.29 is 4.79 Å². The molecule has 158 valence electrons. The van der Waals surface area contributed by atoms with Crippen molar-refractivity contribution in [3.63, 3.8) is 0 Å². The molecule has 1 aliphatic heterocycles. The van der Waals surface area contributed by atoms with Gasteiger partial charge in [-0.05, 0) is 39.7 Å². The molecule has 1 saturated heterocycles. The number of hydrogen-bond donors (Lipinski definition) is 2. The summed E-state index contributed by atoms with van der Waals surface area (Å²) in [6.45, 7) is 7.59. The fraction of sp³-hybridized carbons (Fsp3) is 0.455. The third kappa shape index (κ3) is 4.22. The first kappa shape index (κ1) is 20.1. The second kappa shape index (κ2) is 7.93. The fourth-order valence-electron chi connectivity index (χ4n) is 3.92. The molecule has 0 radical (unpaired) electrons. The summed E-state index contributed by atoms with van der Waals surface area (Å²) in [5.74, 6) is 0.897. The molecule has 8 nitrogen and oxygen atoms in total. The van der Waals surface area contributed by atoms with Gasteiger partial charge in [-0.3, -0.25) is 4.68 Å². The number of urea groups is 1. The van der Waals surface area contributed by atoms with Crippen LogP contribution in [0.15, 0.2) is 36.5 Å². The predicted molar refractivity (Wildman–Crippen MR) is 118 cm³/mol. The highest BCUT2D eigenvalue weighted by atomic mass is 16.2. The lowest BCUT2D eigenvalue weighted by atomic mass is 10.0. The van der Waals surface area contributed by atoms with Crippen LogP contribution in [0.1, 0.15) is 33.6 Å². The van der Waals surface area contributed by atoms with Crippen molar-refractivity contribution in [1.82, 2.24) is 30.6 Å². The molecule has 3 heterocycles. The lowest BCUT2D eigenvalue weighted by Gasteiger charge is -2.34. The lowest BCUT2D eigenvalue weighted by Crippen LogP contribution is -2.52. The van der Waals surface area contributed by atoms with Crippen molar-refractivity contribution >= 4 is 22.6 Å². The van der Waals surface area contributed by atoms with Crippen LogP contribution < -0.4 is 15.5 Å². The molecule has 4 rings (SSSR count). The van der Waals surface area contributed by atoms with Crippen molar-refractivity contribution in [1.29, 1.82) is 0 Å². The molecule has 2 aromatic heterocycles. The van der Waals surface area contributed by atoms with Gasteiger partial charge in [0.1, 0.15) is 5.69 Å². The lowest BCUT2D eigenvalue weighted by molar-refractivity contribution is 0.225. The number of aryl methyl sites for hydroxylation is 1. The fourth-order valence-corrected chi connectivity index (χ4v) is 3.92. The minimum absolute atomic E-state index is 0.105. The van der Waals surface area contributed by atoms with Gasteiger partial charge in [0.05, 0.1) is 5.69 Å². The first-order chi connectivity index (χ1) is 14.3. The zero-order chi connectivity index (χ0) is 21.3. The van der Waals surface area contributed by atoms with Crippen LogP contribution in [0.2, 0.25) is 0 Å². The summed E-state index contributed by atoms with van der Waals surface area (Å²) in [7, 11) is 1.91. The summed E-state index contributed by atoms with van der Waals surface area (Å²) in [5, 5.41) is 21.6. The first-order valence-electron chi connectivity index (χ1n) is 10.4.